The summed E-state index contributed by atoms with van der Waals surface area (Å²) >= 11 is 0. The van der Waals surface area contributed by atoms with Crippen molar-refractivity contribution < 1.29 is 0 Å². The van der Waals surface area contributed by atoms with Gasteiger partial charge in [-0.3, -0.25) is 9.97 Å². The molecule has 2 aromatic heterocycles. The van der Waals surface area contributed by atoms with E-state index in [1.807, 2.05) is 36.7 Å². The molecule has 7 aromatic rings. The van der Waals surface area contributed by atoms with Crippen molar-refractivity contribution in [1.29, 1.82) is 0 Å². The molecule has 3 heteroatoms. The van der Waals surface area contributed by atoms with Crippen molar-refractivity contribution in [3.63, 3.8) is 0 Å². The monoisotopic (exact) mass is 551 g/mol. The normalized spacial score (nSPS) is 10.8. The number of benzene rings is 5. The Morgan fingerprint density at radius 3 is 1.21 bits per heavy atom. The Labute approximate surface area is 252 Å². The second-order valence-corrected chi connectivity index (χ2v) is 10.3. The fourth-order valence-corrected chi connectivity index (χ4v) is 5.57. The minimum absolute atomic E-state index is 0.936. The van der Waals surface area contributed by atoms with Gasteiger partial charge >= 0.3 is 0 Å². The largest absolute Gasteiger partial charge is 0.309 e. The van der Waals surface area contributed by atoms with Gasteiger partial charge in [-0.15, -0.1) is 0 Å². The molecule has 0 fully saturated rings. The Hall–Kier alpha value is -5.80. The summed E-state index contributed by atoms with van der Waals surface area (Å²) in [6.07, 6.45) is 3.68. The highest BCUT2D eigenvalue weighted by atomic mass is 15.1. The van der Waals surface area contributed by atoms with Crippen LogP contribution < -0.4 is 4.90 Å². The van der Waals surface area contributed by atoms with Crippen LogP contribution in [-0.4, -0.2) is 9.97 Å². The van der Waals surface area contributed by atoms with Crippen LogP contribution in [0.15, 0.2) is 176 Å². The fourth-order valence-electron chi connectivity index (χ4n) is 5.57. The molecule has 0 saturated carbocycles. The molecule has 204 valence electrons. The van der Waals surface area contributed by atoms with Crippen LogP contribution in [0.4, 0.5) is 17.1 Å². The van der Waals surface area contributed by atoms with Gasteiger partial charge in [0.2, 0.25) is 0 Å². The minimum Gasteiger partial charge on any atom is -0.309 e. The maximum Gasteiger partial charge on any atom is 0.0702 e. The van der Waals surface area contributed by atoms with E-state index < -0.39 is 0 Å². The predicted octanol–water partition coefficient (Wildman–Crippen LogP) is 10.6. The Morgan fingerprint density at radius 1 is 0.349 bits per heavy atom. The van der Waals surface area contributed by atoms with E-state index in [1.54, 1.807) is 0 Å². The van der Waals surface area contributed by atoms with Crippen molar-refractivity contribution in [1.82, 2.24) is 9.97 Å². The number of rotatable bonds is 7. The molecule has 0 N–H and O–H groups in total. The van der Waals surface area contributed by atoms with Gasteiger partial charge in [0.25, 0.3) is 0 Å². The van der Waals surface area contributed by atoms with Crippen LogP contribution in [0.2, 0.25) is 0 Å². The lowest BCUT2D eigenvalue weighted by molar-refractivity contribution is 1.27. The molecule has 0 bridgehead atoms. The van der Waals surface area contributed by atoms with Crippen molar-refractivity contribution in [2.45, 2.75) is 0 Å². The highest BCUT2D eigenvalue weighted by Crippen LogP contribution is 2.47. The molecular weight excluding hydrogens is 522 g/mol. The second-order valence-electron chi connectivity index (χ2n) is 10.3. The van der Waals surface area contributed by atoms with E-state index in [9.17, 15) is 0 Å². The highest BCUT2D eigenvalue weighted by Gasteiger charge is 2.22. The van der Waals surface area contributed by atoms with Crippen LogP contribution in [0.5, 0.6) is 0 Å². The van der Waals surface area contributed by atoms with E-state index in [0.717, 1.165) is 61.8 Å². The van der Waals surface area contributed by atoms with Gasteiger partial charge in [0.1, 0.15) is 0 Å². The van der Waals surface area contributed by atoms with Gasteiger partial charge in [-0.1, -0.05) is 115 Å². The summed E-state index contributed by atoms with van der Waals surface area (Å²) in [5.41, 5.74) is 11.8. The van der Waals surface area contributed by atoms with Gasteiger partial charge in [-0.05, 0) is 59.7 Å². The third-order valence-electron chi connectivity index (χ3n) is 7.56. The van der Waals surface area contributed by atoms with Crippen LogP contribution in [0.25, 0.3) is 44.8 Å². The number of hydrogen-bond acceptors (Lipinski definition) is 3. The topological polar surface area (TPSA) is 29.0 Å². The van der Waals surface area contributed by atoms with Crippen LogP contribution in [-0.2, 0) is 0 Å². The molecule has 7 rings (SSSR count). The van der Waals surface area contributed by atoms with Crippen molar-refractivity contribution in [3.8, 4) is 44.8 Å². The van der Waals surface area contributed by atoms with E-state index in [4.69, 9.17) is 0 Å². The lowest BCUT2D eigenvalue weighted by Gasteiger charge is -2.31. The standard InChI is InChI=1S/C40H29N3/c1-3-14-30(15-4-1)36-22-13-23-37(31-16-5-2-6-17-31)40(36)43(34-20-11-18-32(28-34)38-24-7-9-26-41-38)35-21-12-19-33(29-35)39-25-8-10-27-42-39/h1-29H. The molecule has 5 aromatic carbocycles. The summed E-state index contributed by atoms with van der Waals surface area (Å²) in [5, 5.41) is 0. The van der Waals surface area contributed by atoms with Crippen LogP contribution in [0.1, 0.15) is 0 Å². The molecular formula is C40H29N3. The number of pyridine rings is 2. The van der Waals surface area contributed by atoms with Gasteiger partial charge in [0.15, 0.2) is 0 Å². The van der Waals surface area contributed by atoms with E-state index >= 15 is 0 Å². The van der Waals surface area contributed by atoms with Gasteiger partial charge < -0.3 is 4.90 Å². The third kappa shape index (κ3) is 5.44. The summed E-state index contributed by atoms with van der Waals surface area (Å²) in [6.45, 7) is 0. The molecule has 0 aliphatic heterocycles. The molecule has 0 spiro atoms. The molecule has 2 heterocycles. The molecule has 0 aliphatic rings. The fraction of sp³-hybridized carbons (Fsp3) is 0. The Morgan fingerprint density at radius 2 is 0.767 bits per heavy atom. The van der Waals surface area contributed by atoms with Gasteiger partial charge in [-0.25, -0.2) is 0 Å². The van der Waals surface area contributed by atoms with Gasteiger partial charge in [-0.2, -0.15) is 0 Å². The van der Waals surface area contributed by atoms with Crippen molar-refractivity contribution in [3.05, 3.63) is 176 Å². The third-order valence-corrected chi connectivity index (χ3v) is 7.56. The number of nitrogens with zero attached hydrogens (tertiary/aromatic N) is 3. The van der Waals surface area contributed by atoms with E-state index in [-0.39, 0.29) is 0 Å². The van der Waals surface area contributed by atoms with Crippen LogP contribution >= 0.6 is 0 Å². The Bertz CT molecular complexity index is 1810. The van der Waals surface area contributed by atoms with Gasteiger partial charge in [0, 0.05) is 46.0 Å². The SMILES string of the molecule is c1ccc(-c2cccc(-c3ccccc3)c2N(c2cccc(-c3ccccn3)c2)c2cccc(-c3ccccn3)c2)cc1. The molecule has 43 heavy (non-hydrogen) atoms. The number of hydrogen-bond donors (Lipinski definition) is 0. The summed E-state index contributed by atoms with van der Waals surface area (Å²) in [5.74, 6) is 0. The van der Waals surface area contributed by atoms with E-state index in [1.165, 1.54) is 0 Å². The number of anilines is 3. The molecule has 0 unspecified atom stereocenters. The lowest BCUT2D eigenvalue weighted by Crippen LogP contribution is -2.13. The first-order valence-corrected chi connectivity index (χ1v) is 14.4. The van der Waals surface area contributed by atoms with E-state index in [0.29, 0.717) is 0 Å². The molecule has 3 nitrogen and oxygen atoms in total. The van der Waals surface area contributed by atoms with E-state index in [2.05, 4.69) is 154 Å². The average molecular weight is 552 g/mol. The van der Waals surface area contributed by atoms with Crippen molar-refractivity contribution in [2.75, 3.05) is 4.90 Å². The molecule has 0 atom stereocenters. The summed E-state index contributed by atoms with van der Waals surface area (Å²) in [6, 6.07) is 57.2. The smallest absolute Gasteiger partial charge is 0.0702 e. The molecule has 0 saturated heterocycles. The van der Waals surface area contributed by atoms with Crippen LogP contribution in [0, 0.1) is 0 Å². The zero-order valence-electron chi connectivity index (χ0n) is 23.6. The zero-order valence-corrected chi connectivity index (χ0v) is 23.6. The lowest BCUT2D eigenvalue weighted by atomic mass is 9.94. The first kappa shape index (κ1) is 26.1. The van der Waals surface area contributed by atoms with Crippen LogP contribution in [0.3, 0.4) is 0 Å². The van der Waals surface area contributed by atoms with Crippen molar-refractivity contribution in [2.24, 2.45) is 0 Å². The minimum atomic E-state index is 0.936. The van der Waals surface area contributed by atoms with Crippen molar-refractivity contribution >= 4 is 17.1 Å². The first-order valence-electron chi connectivity index (χ1n) is 14.4. The summed E-state index contributed by atoms with van der Waals surface area (Å²) in [7, 11) is 0. The number of para-hydroxylation sites is 1. The maximum atomic E-state index is 4.65. The summed E-state index contributed by atoms with van der Waals surface area (Å²) < 4.78 is 0. The Balaban J connectivity index is 1.52. The number of aromatic nitrogens is 2. The second kappa shape index (κ2) is 12.0. The average Bonchev–Trinajstić information content (AvgIpc) is 3.10. The predicted molar refractivity (Wildman–Crippen MR) is 178 cm³/mol. The zero-order chi connectivity index (χ0) is 28.8. The Kier molecular flexibility index (Phi) is 7.27. The summed E-state index contributed by atoms with van der Waals surface area (Å²) in [4.78, 5) is 11.7. The highest BCUT2D eigenvalue weighted by molar-refractivity contribution is 5.98. The first-order chi connectivity index (χ1) is 21.3. The quantitative estimate of drug-likeness (QED) is 0.197. The molecule has 0 aliphatic carbocycles. The molecule has 0 radical (unpaired) electrons. The maximum absolute atomic E-state index is 4.65. The van der Waals surface area contributed by atoms with Gasteiger partial charge in [0.05, 0.1) is 17.1 Å². The molecule has 0 amide bonds.